The highest BCUT2D eigenvalue weighted by Crippen LogP contribution is 2.34. The normalized spacial score (nSPS) is 15.6. The maximum absolute atomic E-state index is 12.7. The molecule has 0 aliphatic carbocycles. The van der Waals surface area contributed by atoms with Crippen LogP contribution in [0.25, 0.3) is 0 Å². The lowest BCUT2D eigenvalue weighted by Crippen LogP contribution is -2.36. The molecule has 4 heteroatoms. The fourth-order valence-corrected chi connectivity index (χ4v) is 2.20. The summed E-state index contributed by atoms with van der Waals surface area (Å²) in [6.07, 6.45) is -3.64. The third-order valence-corrected chi connectivity index (χ3v) is 3.84. The van der Waals surface area contributed by atoms with Gasteiger partial charge in [-0.25, -0.2) is 0 Å². The van der Waals surface area contributed by atoms with E-state index in [2.05, 4.69) is 26.1 Å². The predicted molar refractivity (Wildman–Crippen MR) is 72.0 cm³/mol. The lowest BCUT2D eigenvalue weighted by atomic mass is 9.74. The van der Waals surface area contributed by atoms with E-state index in [-0.39, 0.29) is 5.41 Å². The van der Waals surface area contributed by atoms with Crippen molar-refractivity contribution in [2.45, 2.75) is 33.4 Å². The largest absolute Gasteiger partial charge is 0.416 e. The molecule has 0 bridgehead atoms. The Bertz CT molecular complexity index is 412. The highest BCUT2D eigenvalue weighted by molar-refractivity contribution is 5.26. The number of benzene rings is 1. The molecule has 0 aliphatic rings. The molecule has 1 rings (SSSR count). The molecule has 0 fully saturated rings. The van der Waals surface area contributed by atoms with Crippen LogP contribution in [0.3, 0.4) is 0 Å². The first-order chi connectivity index (χ1) is 8.69. The molecule has 0 aromatic heterocycles. The Morgan fingerprint density at radius 3 is 2.32 bits per heavy atom. The molecule has 0 spiro atoms. The standard InChI is InChI=1S/C15H22F3N/c1-11(2)14(3,10-19-4)9-12-6-5-7-13(8-12)15(16,17)18/h5-8,11,19H,9-10H2,1-4H3. The van der Waals surface area contributed by atoms with Gasteiger partial charge >= 0.3 is 6.18 Å². The number of rotatable bonds is 5. The van der Waals surface area contributed by atoms with E-state index in [4.69, 9.17) is 0 Å². The summed E-state index contributed by atoms with van der Waals surface area (Å²) in [5, 5.41) is 3.13. The summed E-state index contributed by atoms with van der Waals surface area (Å²) in [6.45, 7) is 7.09. The molecule has 1 nitrogen and oxygen atoms in total. The van der Waals surface area contributed by atoms with Gasteiger partial charge in [-0.3, -0.25) is 0 Å². The van der Waals surface area contributed by atoms with Crippen LogP contribution in [0.4, 0.5) is 13.2 Å². The second-order valence-corrected chi connectivity index (χ2v) is 5.71. The third kappa shape index (κ3) is 4.23. The maximum Gasteiger partial charge on any atom is 0.416 e. The van der Waals surface area contributed by atoms with Gasteiger partial charge in [0.2, 0.25) is 0 Å². The van der Waals surface area contributed by atoms with Crippen LogP contribution in [-0.2, 0) is 12.6 Å². The van der Waals surface area contributed by atoms with Crippen LogP contribution in [0.2, 0.25) is 0 Å². The Balaban J connectivity index is 2.98. The first kappa shape index (κ1) is 16.0. The van der Waals surface area contributed by atoms with E-state index in [0.29, 0.717) is 12.3 Å². The first-order valence-electron chi connectivity index (χ1n) is 6.50. The Labute approximate surface area is 113 Å². The fourth-order valence-electron chi connectivity index (χ4n) is 2.20. The van der Waals surface area contributed by atoms with Crippen molar-refractivity contribution in [2.75, 3.05) is 13.6 Å². The van der Waals surface area contributed by atoms with Crippen LogP contribution in [0.1, 0.15) is 31.9 Å². The highest BCUT2D eigenvalue weighted by atomic mass is 19.4. The minimum absolute atomic E-state index is 0.0566. The molecular weight excluding hydrogens is 251 g/mol. The fraction of sp³-hybridized carbons (Fsp3) is 0.600. The van der Waals surface area contributed by atoms with Gasteiger partial charge in [0.15, 0.2) is 0 Å². The van der Waals surface area contributed by atoms with Gasteiger partial charge in [-0.05, 0) is 36.4 Å². The molecule has 0 amide bonds. The van der Waals surface area contributed by atoms with Crippen LogP contribution >= 0.6 is 0 Å². The van der Waals surface area contributed by atoms with E-state index in [9.17, 15) is 13.2 Å². The maximum atomic E-state index is 12.7. The summed E-state index contributed by atoms with van der Waals surface area (Å²) in [5.74, 6) is 0.384. The molecule has 19 heavy (non-hydrogen) atoms. The van der Waals surface area contributed by atoms with Crippen molar-refractivity contribution in [3.63, 3.8) is 0 Å². The molecule has 1 unspecified atom stereocenters. The van der Waals surface area contributed by atoms with Gasteiger partial charge in [-0.15, -0.1) is 0 Å². The molecule has 0 saturated heterocycles. The van der Waals surface area contributed by atoms with E-state index < -0.39 is 11.7 Å². The summed E-state index contributed by atoms with van der Waals surface area (Å²) in [4.78, 5) is 0. The first-order valence-corrected chi connectivity index (χ1v) is 6.50. The molecule has 1 N–H and O–H groups in total. The smallest absolute Gasteiger partial charge is 0.319 e. The van der Waals surface area contributed by atoms with E-state index in [1.165, 1.54) is 12.1 Å². The number of nitrogens with one attached hydrogen (secondary N) is 1. The zero-order valence-corrected chi connectivity index (χ0v) is 11.9. The Morgan fingerprint density at radius 2 is 1.84 bits per heavy atom. The van der Waals surface area contributed by atoms with Gasteiger partial charge in [0.25, 0.3) is 0 Å². The zero-order chi connectivity index (χ0) is 14.7. The van der Waals surface area contributed by atoms with Crippen molar-refractivity contribution >= 4 is 0 Å². The minimum Gasteiger partial charge on any atom is -0.319 e. The lowest BCUT2D eigenvalue weighted by Gasteiger charge is -2.34. The SMILES string of the molecule is CNCC(C)(Cc1cccc(C(F)(F)F)c1)C(C)C. The van der Waals surface area contributed by atoms with Gasteiger partial charge in [0, 0.05) is 6.54 Å². The van der Waals surface area contributed by atoms with Crippen LogP contribution in [0.5, 0.6) is 0 Å². The molecule has 1 atom stereocenters. The molecule has 0 aliphatic heterocycles. The van der Waals surface area contributed by atoms with Crippen LogP contribution in [0, 0.1) is 11.3 Å². The highest BCUT2D eigenvalue weighted by Gasteiger charge is 2.32. The topological polar surface area (TPSA) is 12.0 Å². The monoisotopic (exact) mass is 273 g/mol. The van der Waals surface area contributed by atoms with Crippen molar-refractivity contribution in [2.24, 2.45) is 11.3 Å². The summed E-state index contributed by atoms with van der Waals surface area (Å²) >= 11 is 0. The third-order valence-electron chi connectivity index (χ3n) is 3.84. The Hall–Kier alpha value is -1.03. The van der Waals surface area contributed by atoms with Gasteiger partial charge in [0.1, 0.15) is 0 Å². The molecule has 0 radical (unpaired) electrons. The quantitative estimate of drug-likeness (QED) is 0.850. The summed E-state index contributed by atoms with van der Waals surface area (Å²) < 4.78 is 38.1. The van der Waals surface area contributed by atoms with Crippen LogP contribution in [-0.4, -0.2) is 13.6 Å². The summed E-state index contributed by atoms with van der Waals surface area (Å²) in [5.41, 5.74) is 0.112. The second kappa shape index (κ2) is 5.95. The average Bonchev–Trinajstić information content (AvgIpc) is 2.28. The minimum atomic E-state index is -4.27. The second-order valence-electron chi connectivity index (χ2n) is 5.71. The zero-order valence-electron chi connectivity index (χ0n) is 11.9. The van der Waals surface area contributed by atoms with Gasteiger partial charge in [-0.2, -0.15) is 13.2 Å². The van der Waals surface area contributed by atoms with Crippen molar-refractivity contribution in [1.82, 2.24) is 5.32 Å². The molecule has 1 aromatic rings. The van der Waals surface area contributed by atoms with Crippen molar-refractivity contribution in [3.8, 4) is 0 Å². The van der Waals surface area contributed by atoms with Crippen LogP contribution < -0.4 is 5.32 Å². The molecule has 0 heterocycles. The Morgan fingerprint density at radius 1 is 1.21 bits per heavy atom. The van der Waals surface area contributed by atoms with Gasteiger partial charge < -0.3 is 5.32 Å². The summed E-state index contributed by atoms with van der Waals surface area (Å²) in [7, 11) is 1.87. The lowest BCUT2D eigenvalue weighted by molar-refractivity contribution is -0.137. The van der Waals surface area contributed by atoms with E-state index in [0.717, 1.165) is 18.2 Å². The Kier molecular flexibility index (Phi) is 5.02. The van der Waals surface area contributed by atoms with E-state index in [1.807, 2.05) is 7.05 Å². The molecule has 0 saturated carbocycles. The number of alkyl halides is 3. The molecular formula is C15H22F3N. The molecule has 108 valence electrons. The van der Waals surface area contributed by atoms with Crippen molar-refractivity contribution in [1.29, 1.82) is 0 Å². The van der Waals surface area contributed by atoms with Gasteiger partial charge in [-0.1, -0.05) is 39.0 Å². The van der Waals surface area contributed by atoms with E-state index >= 15 is 0 Å². The van der Waals surface area contributed by atoms with Crippen LogP contribution in [0.15, 0.2) is 24.3 Å². The number of halogens is 3. The van der Waals surface area contributed by atoms with Crippen molar-refractivity contribution in [3.05, 3.63) is 35.4 Å². The van der Waals surface area contributed by atoms with Gasteiger partial charge in [0.05, 0.1) is 5.56 Å². The molecule has 1 aromatic carbocycles. The van der Waals surface area contributed by atoms with Crippen molar-refractivity contribution < 1.29 is 13.2 Å². The average molecular weight is 273 g/mol. The number of hydrogen-bond acceptors (Lipinski definition) is 1. The number of hydrogen-bond donors (Lipinski definition) is 1. The predicted octanol–water partition coefficient (Wildman–Crippen LogP) is 4.13. The van der Waals surface area contributed by atoms with E-state index in [1.54, 1.807) is 6.07 Å². The summed E-state index contributed by atoms with van der Waals surface area (Å²) in [6, 6.07) is 5.63.